The number of carbonyl (C=O) groups is 2. The molecule has 1 aromatic carbocycles. The molecule has 1 heterocycles. The summed E-state index contributed by atoms with van der Waals surface area (Å²) < 4.78 is 0. The molecule has 0 bridgehead atoms. The molecule has 2 amide bonds. The molecule has 0 radical (unpaired) electrons. The lowest BCUT2D eigenvalue weighted by Gasteiger charge is -2.26. The summed E-state index contributed by atoms with van der Waals surface area (Å²) >= 11 is 0. The lowest BCUT2D eigenvalue weighted by atomic mass is 10.1. The van der Waals surface area contributed by atoms with Gasteiger partial charge in [0.1, 0.15) is 0 Å². The number of carbonyl (C=O) groups excluding carboxylic acids is 2. The molecule has 0 N–H and O–H groups in total. The van der Waals surface area contributed by atoms with Crippen LogP contribution < -0.4 is 0 Å². The van der Waals surface area contributed by atoms with Gasteiger partial charge in [-0.2, -0.15) is 0 Å². The lowest BCUT2D eigenvalue weighted by Crippen LogP contribution is -2.40. The van der Waals surface area contributed by atoms with Gasteiger partial charge < -0.3 is 9.80 Å². The van der Waals surface area contributed by atoms with Gasteiger partial charge in [0.25, 0.3) is 5.91 Å². The van der Waals surface area contributed by atoms with E-state index in [-0.39, 0.29) is 11.8 Å². The summed E-state index contributed by atoms with van der Waals surface area (Å²) in [6.45, 7) is 5.98. The highest BCUT2D eigenvalue weighted by atomic mass is 16.2. The predicted molar refractivity (Wildman–Crippen MR) is 95.9 cm³/mol. The fourth-order valence-corrected chi connectivity index (χ4v) is 3.18. The number of rotatable bonds is 7. The highest BCUT2D eigenvalue weighted by molar-refractivity contribution is 5.94. The fourth-order valence-electron chi connectivity index (χ4n) is 3.18. The molecule has 0 spiro atoms. The maximum atomic E-state index is 12.5. The summed E-state index contributed by atoms with van der Waals surface area (Å²) in [5.74, 6) is 0.697. The van der Waals surface area contributed by atoms with Gasteiger partial charge in [0.05, 0.1) is 6.54 Å². The first kappa shape index (κ1) is 18.5. The molecule has 0 aromatic heterocycles. The Kier molecular flexibility index (Phi) is 6.79. The topological polar surface area (TPSA) is 43.9 Å². The number of likely N-dealkylation sites (tertiary alicyclic amines) is 1. The summed E-state index contributed by atoms with van der Waals surface area (Å²) in [7, 11) is 3.59. The van der Waals surface area contributed by atoms with Crippen molar-refractivity contribution in [2.24, 2.45) is 5.92 Å². The van der Waals surface area contributed by atoms with Gasteiger partial charge in [-0.1, -0.05) is 25.1 Å². The molecule has 1 aliphatic heterocycles. The standard InChI is InChI=1S/C19H29N3O2/c1-4-11-21(15-18(23)20(2)3)13-16-10-12-22(14-16)19(24)17-8-6-5-7-9-17/h5-9,16H,4,10-15H2,1-3H3. The molecule has 24 heavy (non-hydrogen) atoms. The van der Waals surface area contributed by atoms with E-state index in [1.165, 1.54) is 0 Å². The Bertz CT molecular complexity index is 545. The van der Waals surface area contributed by atoms with Crippen molar-refractivity contribution in [1.82, 2.24) is 14.7 Å². The van der Waals surface area contributed by atoms with E-state index < -0.39 is 0 Å². The first-order chi connectivity index (χ1) is 11.5. The van der Waals surface area contributed by atoms with Gasteiger partial charge in [0, 0.05) is 39.3 Å². The number of benzene rings is 1. The molecule has 5 heteroatoms. The third-order valence-corrected chi connectivity index (χ3v) is 4.51. The van der Waals surface area contributed by atoms with Crippen molar-refractivity contribution >= 4 is 11.8 Å². The Morgan fingerprint density at radius 2 is 1.92 bits per heavy atom. The van der Waals surface area contributed by atoms with Crippen LogP contribution in [0.2, 0.25) is 0 Å². The molecular weight excluding hydrogens is 302 g/mol. The second kappa shape index (κ2) is 8.83. The molecule has 0 saturated carbocycles. The van der Waals surface area contributed by atoms with Gasteiger partial charge >= 0.3 is 0 Å². The van der Waals surface area contributed by atoms with E-state index >= 15 is 0 Å². The van der Waals surface area contributed by atoms with E-state index in [9.17, 15) is 9.59 Å². The smallest absolute Gasteiger partial charge is 0.253 e. The molecule has 0 aliphatic carbocycles. The van der Waals surface area contributed by atoms with Crippen molar-refractivity contribution in [2.75, 3.05) is 46.8 Å². The van der Waals surface area contributed by atoms with Crippen molar-refractivity contribution in [3.05, 3.63) is 35.9 Å². The number of hydrogen-bond acceptors (Lipinski definition) is 3. The van der Waals surface area contributed by atoms with Crippen LogP contribution in [0.25, 0.3) is 0 Å². The van der Waals surface area contributed by atoms with E-state index in [0.717, 1.165) is 44.6 Å². The third kappa shape index (κ3) is 5.06. The van der Waals surface area contributed by atoms with Gasteiger partial charge in [-0.3, -0.25) is 14.5 Å². The van der Waals surface area contributed by atoms with E-state index in [0.29, 0.717) is 12.5 Å². The minimum atomic E-state index is 0.115. The largest absolute Gasteiger partial charge is 0.348 e. The summed E-state index contributed by atoms with van der Waals surface area (Å²) in [6, 6.07) is 9.46. The fraction of sp³-hybridized carbons (Fsp3) is 0.579. The normalized spacial score (nSPS) is 17.3. The van der Waals surface area contributed by atoms with Crippen LogP contribution in [0, 0.1) is 5.92 Å². The van der Waals surface area contributed by atoms with E-state index in [2.05, 4.69) is 11.8 Å². The Hall–Kier alpha value is -1.88. The number of amides is 2. The van der Waals surface area contributed by atoms with Crippen LogP contribution in [0.15, 0.2) is 30.3 Å². The van der Waals surface area contributed by atoms with E-state index in [1.54, 1.807) is 19.0 Å². The average Bonchev–Trinajstić information content (AvgIpc) is 3.03. The molecule has 1 unspecified atom stereocenters. The second-order valence-corrected chi connectivity index (χ2v) is 6.80. The Balaban J connectivity index is 1.89. The summed E-state index contributed by atoms with van der Waals surface area (Å²) in [5.41, 5.74) is 0.756. The van der Waals surface area contributed by atoms with Crippen LogP contribution in [0.3, 0.4) is 0 Å². The van der Waals surface area contributed by atoms with Crippen molar-refractivity contribution in [2.45, 2.75) is 19.8 Å². The van der Waals surface area contributed by atoms with Crippen LogP contribution in [0.1, 0.15) is 30.1 Å². The molecule has 2 rings (SSSR count). The van der Waals surface area contributed by atoms with Crippen LogP contribution in [-0.2, 0) is 4.79 Å². The summed E-state index contributed by atoms with van der Waals surface area (Å²) in [5, 5.41) is 0. The zero-order chi connectivity index (χ0) is 17.5. The number of likely N-dealkylation sites (N-methyl/N-ethyl adjacent to an activating group) is 1. The molecule has 1 fully saturated rings. The zero-order valence-electron chi connectivity index (χ0n) is 15.1. The highest BCUT2D eigenvalue weighted by Crippen LogP contribution is 2.20. The minimum Gasteiger partial charge on any atom is -0.348 e. The summed E-state index contributed by atoms with van der Waals surface area (Å²) in [4.78, 5) is 30.3. The molecule has 1 atom stereocenters. The maximum Gasteiger partial charge on any atom is 0.253 e. The number of hydrogen-bond donors (Lipinski definition) is 0. The van der Waals surface area contributed by atoms with Gasteiger partial charge in [-0.05, 0) is 37.4 Å². The van der Waals surface area contributed by atoms with Gasteiger partial charge in [-0.25, -0.2) is 0 Å². The predicted octanol–water partition coefficient (Wildman–Crippen LogP) is 1.95. The van der Waals surface area contributed by atoms with Gasteiger partial charge in [0.2, 0.25) is 5.91 Å². The number of nitrogens with zero attached hydrogens (tertiary/aromatic N) is 3. The van der Waals surface area contributed by atoms with Crippen LogP contribution in [0.5, 0.6) is 0 Å². The van der Waals surface area contributed by atoms with Gasteiger partial charge in [-0.15, -0.1) is 0 Å². The van der Waals surface area contributed by atoms with Crippen LogP contribution in [-0.4, -0.2) is 73.3 Å². The van der Waals surface area contributed by atoms with E-state index in [1.807, 2.05) is 35.2 Å². The molecular formula is C19H29N3O2. The third-order valence-electron chi connectivity index (χ3n) is 4.51. The monoisotopic (exact) mass is 331 g/mol. The Morgan fingerprint density at radius 1 is 1.21 bits per heavy atom. The molecule has 1 aliphatic rings. The maximum absolute atomic E-state index is 12.5. The van der Waals surface area contributed by atoms with Crippen molar-refractivity contribution < 1.29 is 9.59 Å². The first-order valence-corrected chi connectivity index (χ1v) is 8.78. The quantitative estimate of drug-likeness (QED) is 0.767. The molecule has 1 saturated heterocycles. The van der Waals surface area contributed by atoms with Crippen LogP contribution in [0.4, 0.5) is 0 Å². The Morgan fingerprint density at radius 3 is 2.54 bits per heavy atom. The zero-order valence-corrected chi connectivity index (χ0v) is 15.1. The molecule has 1 aromatic rings. The molecule has 5 nitrogen and oxygen atoms in total. The minimum absolute atomic E-state index is 0.115. The lowest BCUT2D eigenvalue weighted by molar-refractivity contribution is -0.130. The van der Waals surface area contributed by atoms with Crippen molar-refractivity contribution in [1.29, 1.82) is 0 Å². The Labute approximate surface area is 145 Å². The first-order valence-electron chi connectivity index (χ1n) is 8.78. The van der Waals surface area contributed by atoms with Crippen molar-refractivity contribution in [3.63, 3.8) is 0 Å². The molecule has 132 valence electrons. The second-order valence-electron chi connectivity index (χ2n) is 6.80. The van der Waals surface area contributed by atoms with Crippen molar-refractivity contribution in [3.8, 4) is 0 Å². The summed E-state index contributed by atoms with van der Waals surface area (Å²) in [6.07, 6.45) is 2.04. The highest BCUT2D eigenvalue weighted by Gasteiger charge is 2.28. The SMILES string of the molecule is CCCN(CC(=O)N(C)C)CC1CCN(C(=O)c2ccccc2)C1. The van der Waals surface area contributed by atoms with Gasteiger partial charge in [0.15, 0.2) is 0 Å². The van der Waals surface area contributed by atoms with Crippen LogP contribution >= 0.6 is 0 Å². The average molecular weight is 331 g/mol. The van der Waals surface area contributed by atoms with E-state index in [4.69, 9.17) is 0 Å².